The molecule has 1 unspecified atom stereocenters. The molecule has 0 radical (unpaired) electrons. The molecule has 0 saturated carbocycles. The van der Waals surface area contributed by atoms with Gasteiger partial charge in [0.2, 0.25) is 0 Å². The molecule has 0 aromatic carbocycles. The van der Waals surface area contributed by atoms with Gasteiger partial charge >= 0.3 is 0 Å². The number of nitrogens with two attached hydrogens (primary N) is 1. The molecule has 3 nitrogen and oxygen atoms in total. The molecule has 2 N–H and O–H groups in total. The number of rotatable bonds is 6. The van der Waals surface area contributed by atoms with Crippen LogP contribution in [0.25, 0.3) is 0 Å². The van der Waals surface area contributed by atoms with Gasteiger partial charge in [-0.1, -0.05) is 13.8 Å². The number of hydrogen-bond donors (Lipinski definition) is 1. The second kappa shape index (κ2) is 6.53. The molecule has 0 saturated heterocycles. The predicted molar refractivity (Wildman–Crippen MR) is 63.4 cm³/mol. The Morgan fingerprint density at radius 3 is 2.60 bits per heavy atom. The maximum atomic E-state index is 5.63. The zero-order valence-corrected chi connectivity index (χ0v) is 9.69. The Bertz CT molecular complexity index is 261. The molecule has 0 aliphatic carbocycles. The largest absolute Gasteiger partial charge is 0.330 e. The average Bonchev–Trinajstić information content (AvgIpc) is 2.29. The van der Waals surface area contributed by atoms with Gasteiger partial charge < -0.3 is 5.73 Å². The van der Waals surface area contributed by atoms with E-state index in [1.54, 1.807) is 0 Å². The number of pyridine rings is 1. The fourth-order valence-corrected chi connectivity index (χ4v) is 1.57. The first kappa shape index (κ1) is 12.1. The van der Waals surface area contributed by atoms with Gasteiger partial charge in [0.05, 0.1) is 0 Å². The number of hydrogen-bond acceptors (Lipinski definition) is 3. The molecule has 0 aliphatic rings. The van der Waals surface area contributed by atoms with E-state index in [0.29, 0.717) is 5.92 Å². The minimum atomic E-state index is 0.562. The Morgan fingerprint density at radius 1 is 1.40 bits per heavy atom. The lowest BCUT2D eigenvalue weighted by Gasteiger charge is -2.23. The first-order valence-corrected chi connectivity index (χ1v) is 5.57. The molecule has 1 aromatic heterocycles. The Morgan fingerprint density at radius 2 is 2.07 bits per heavy atom. The van der Waals surface area contributed by atoms with Gasteiger partial charge in [0.25, 0.3) is 0 Å². The topological polar surface area (TPSA) is 42.2 Å². The van der Waals surface area contributed by atoms with Crippen molar-refractivity contribution in [3.8, 4) is 0 Å². The molecule has 84 valence electrons. The van der Waals surface area contributed by atoms with Crippen LogP contribution >= 0.6 is 0 Å². The molecule has 0 spiro atoms. The van der Waals surface area contributed by atoms with Crippen LogP contribution in [0.4, 0.5) is 0 Å². The summed E-state index contributed by atoms with van der Waals surface area (Å²) in [6, 6.07) is 4.13. The molecule has 1 heterocycles. The maximum absolute atomic E-state index is 5.63. The van der Waals surface area contributed by atoms with Crippen LogP contribution in [-0.4, -0.2) is 29.5 Å². The summed E-state index contributed by atoms with van der Waals surface area (Å²) in [5.41, 5.74) is 6.95. The maximum Gasteiger partial charge on any atom is 0.0271 e. The standard InChI is InChI=1S/C12H21N3/c1-3-15(9-11(2)8-13)10-12-4-6-14-7-5-12/h4-7,11H,3,8-10,13H2,1-2H3. The van der Waals surface area contributed by atoms with Crippen LogP contribution in [0, 0.1) is 5.92 Å². The predicted octanol–water partition coefficient (Wildman–Crippen LogP) is 1.50. The Balaban J connectivity index is 2.47. The zero-order valence-electron chi connectivity index (χ0n) is 9.69. The molecule has 15 heavy (non-hydrogen) atoms. The summed E-state index contributed by atoms with van der Waals surface area (Å²) in [6.07, 6.45) is 3.69. The Kier molecular flexibility index (Phi) is 5.29. The van der Waals surface area contributed by atoms with Crippen LogP contribution in [0.1, 0.15) is 19.4 Å². The molecule has 0 amide bonds. The number of aromatic nitrogens is 1. The molecule has 1 rings (SSSR count). The third-order valence-corrected chi connectivity index (χ3v) is 2.57. The van der Waals surface area contributed by atoms with Gasteiger partial charge in [0.15, 0.2) is 0 Å². The highest BCUT2D eigenvalue weighted by atomic mass is 15.1. The van der Waals surface area contributed by atoms with Crippen molar-refractivity contribution < 1.29 is 0 Å². The van der Waals surface area contributed by atoms with E-state index in [0.717, 1.165) is 26.2 Å². The smallest absolute Gasteiger partial charge is 0.0271 e. The van der Waals surface area contributed by atoms with Gasteiger partial charge in [-0.3, -0.25) is 9.88 Å². The second-order valence-corrected chi connectivity index (χ2v) is 4.02. The van der Waals surface area contributed by atoms with Gasteiger partial charge in [-0.2, -0.15) is 0 Å². The van der Waals surface area contributed by atoms with Gasteiger partial charge in [-0.25, -0.2) is 0 Å². The Hall–Kier alpha value is -0.930. The molecular formula is C12H21N3. The van der Waals surface area contributed by atoms with Crippen LogP contribution in [0.3, 0.4) is 0 Å². The van der Waals surface area contributed by atoms with Crippen molar-refractivity contribution in [1.82, 2.24) is 9.88 Å². The van der Waals surface area contributed by atoms with Gasteiger partial charge in [0.1, 0.15) is 0 Å². The summed E-state index contributed by atoms with van der Waals surface area (Å²) in [6.45, 7) is 8.25. The van der Waals surface area contributed by atoms with Crippen LogP contribution < -0.4 is 5.73 Å². The van der Waals surface area contributed by atoms with Crippen molar-refractivity contribution in [3.63, 3.8) is 0 Å². The first-order valence-electron chi connectivity index (χ1n) is 5.57. The Labute approximate surface area is 92.3 Å². The molecule has 0 aliphatic heterocycles. The second-order valence-electron chi connectivity index (χ2n) is 4.02. The highest BCUT2D eigenvalue weighted by Gasteiger charge is 2.07. The van der Waals surface area contributed by atoms with E-state index in [-0.39, 0.29) is 0 Å². The van der Waals surface area contributed by atoms with Crippen molar-refractivity contribution in [2.45, 2.75) is 20.4 Å². The molecule has 1 atom stereocenters. The van der Waals surface area contributed by atoms with E-state index in [2.05, 4.69) is 35.9 Å². The summed E-state index contributed by atoms with van der Waals surface area (Å²) < 4.78 is 0. The van der Waals surface area contributed by atoms with Gasteiger partial charge in [-0.05, 0) is 36.7 Å². The molecule has 0 fully saturated rings. The van der Waals surface area contributed by atoms with Crippen molar-refractivity contribution >= 4 is 0 Å². The first-order chi connectivity index (χ1) is 7.26. The summed E-state index contributed by atoms with van der Waals surface area (Å²) in [4.78, 5) is 6.43. The summed E-state index contributed by atoms with van der Waals surface area (Å²) in [5, 5.41) is 0. The highest BCUT2D eigenvalue weighted by Crippen LogP contribution is 2.05. The van der Waals surface area contributed by atoms with E-state index in [4.69, 9.17) is 5.73 Å². The van der Waals surface area contributed by atoms with E-state index >= 15 is 0 Å². The monoisotopic (exact) mass is 207 g/mol. The van der Waals surface area contributed by atoms with Gasteiger partial charge in [0, 0.05) is 25.5 Å². The highest BCUT2D eigenvalue weighted by molar-refractivity contribution is 5.09. The van der Waals surface area contributed by atoms with E-state index in [1.807, 2.05) is 12.4 Å². The van der Waals surface area contributed by atoms with E-state index in [9.17, 15) is 0 Å². The molecule has 0 bridgehead atoms. The van der Waals surface area contributed by atoms with E-state index < -0.39 is 0 Å². The normalized spacial score (nSPS) is 13.1. The molecular weight excluding hydrogens is 186 g/mol. The molecule has 1 aromatic rings. The van der Waals surface area contributed by atoms with Crippen LogP contribution in [0.15, 0.2) is 24.5 Å². The lowest BCUT2D eigenvalue weighted by atomic mass is 10.1. The minimum Gasteiger partial charge on any atom is -0.330 e. The quantitative estimate of drug-likeness (QED) is 0.768. The van der Waals surface area contributed by atoms with Crippen LogP contribution in [0.5, 0.6) is 0 Å². The summed E-state index contributed by atoms with van der Waals surface area (Å²) in [7, 11) is 0. The number of nitrogens with zero attached hydrogens (tertiary/aromatic N) is 2. The van der Waals surface area contributed by atoms with Gasteiger partial charge in [-0.15, -0.1) is 0 Å². The third kappa shape index (κ3) is 4.40. The van der Waals surface area contributed by atoms with Crippen molar-refractivity contribution in [1.29, 1.82) is 0 Å². The van der Waals surface area contributed by atoms with Crippen molar-refractivity contribution in [2.75, 3.05) is 19.6 Å². The summed E-state index contributed by atoms with van der Waals surface area (Å²) in [5.74, 6) is 0.562. The van der Waals surface area contributed by atoms with Crippen molar-refractivity contribution in [3.05, 3.63) is 30.1 Å². The lowest BCUT2D eigenvalue weighted by Crippen LogP contribution is -2.31. The fourth-order valence-electron chi connectivity index (χ4n) is 1.57. The minimum absolute atomic E-state index is 0.562. The van der Waals surface area contributed by atoms with E-state index in [1.165, 1.54) is 5.56 Å². The molecule has 3 heteroatoms. The van der Waals surface area contributed by atoms with Crippen LogP contribution in [-0.2, 0) is 6.54 Å². The fraction of sp³-hybridized carbons (Fsp3) is 0.583. The zero-order chi connectivity index (χ0) is 11.1. The lowest BCUT2D eigenvalue weighted by molar-refractivity contribution is 0.243. The third-order valence-electron chi connectivity index (χ3n) is 2.57. The van der Waals surface area contributed by atoms with Crippen LogP contribution in [0.2, 0.25) is 0 Å². The average molecular weight is 207 g/mol. The SMILES string of the molecule is CCN(Cc1ccncc1)CC(C)CN. The van der Waals surface area contributed by atoms with Crippen molar-refractivity contribution in [2.24, 2.45) is 11.7 Å². The summed E-state index contributed by atoms with van der Waals surface area (Å²) >= 11 is 0.